The highest BCUT2D eigenvalue weighted by molar-refractivity contribution is 7.99. The van der Waals surface area contributed by atoms with Crippen molar-refractivity contribution in [3.63, 3.8) is 0 Å². The summed E-state index contributed by atoms with van der Waals surface area (Å²) in [6.45, 7) is 4.10. The Morgan fingerprint density at radius 3 is 2.68 bits per heavy atom. The Kier molecular flexibility index (Phi) is 4.75. The van der Waals surface area contributed by atoms with Crippen LogP contribution in [0.15, 0.2) is 69.4 Å². The lowest BCUT2D eigenvalue weighted by atomic mass is 10.2. The SMILES string of the molecule is Cc1ccc(Sc2ncccc2C(=O)Nc2ccc3[nH]c(=O)[nH]c3c2)c(C)c1. The lowest BCUT2D eigenvalue weighted by molar-refractivity contribution is 0.102. The van der Waals surface area contributed by atoms with Crippen molar-refractivity contribution in [2.75, 3.05) is 5.32 Å². The van der Waals surface area contributed by atoms with E-state index >= 15 is 0 Å². The molecule has 6 nitrogen and oxygen atoms in total. The predicted molar refractivity (Wildman–Crippen MR) is 111 cm³/mol. The van der Waals surface area contributed by atoms with Crippen LogP contribution in [0.5, 0.6) is 0 Å². The lowest BCUT2D eigenvalue weighted by Crippen LogP contribution is -2.13. The van der Waals surface area contributed by atoms with Crippen molar-refractivity contribution in [1.82, 2.24) is 15.0 Å². The number of aromatic amines is 2. The summed E-state index contributed by atoms with van der Waals surface area (Å²) in [5.74, 6) is -0.252. The zero-order chi connectivity index (χ0) is 19.7. The number of amides is 1. The van der Waals surface area contributed by atoms with Gasteiger partial charge in [-0.05, 0) is 55.8 Å². The molecular weight excluding hydrogens is 372 g/mol. The fourth-order valence-electron chi connectivity index (χ4n) is 2.97. The van der Waals surface area contributed by atoms with Gasteiger partial charge in [0.05, 0.1) is 16.6 Å². The number of H-pyrrole nitrogens is 2. The third-order valence-electron chi connectivity index (χ3n) is 4.33. The Morgan fingerprint density at radius 1 is 1.04 bits per heavy atom. The normalized spacial score (nSPS) is 10.9. The molecule has 0 atom stereocenters. The first-order valence-electron chi connectivity index (χ1n) is 8.73. The molecule has 0 aliphatic carbocycles. The second kappa shape index (κ2) is 7.36. The molecular formula is C21H18N4O2S. The van der Waals surface area contributed by atoms with Crippen molar-refractivity contribution in [2.24, 2.45) is 0 Å². The summed E-state index contributed by atoms with van der Waals surface area (Å²) in [6, 6.07) is 14.9. The quantitative estimate of drug-likeness (QED) is 0.485. The van der Waals surface area contributed by atoms with E-state index in [-0.39, 0.29) is 11.6 Å². The third kappa shape index (κ3) is 3.70. The van der Waals surface area contributed by atoms with Crippen LogP contribution < -0.4 is 11.0 Å². The van der Waals surface area contributed by atoms with Gasteiger partial charge in [-0.25, -0.2) is 9.78 Å². The van der Waals surface area contributed by atoms with Crippen molar-refractivity contribution >= 4 is 34.4 Å². The molecule has 2 heterocycles. The summed E-state index contributed by atoms with van der Waals surface area (Å²) in [5, 5.41) is 3.52. The van der Waals surface area contributed by atoms with E-state index in [1.54, 1.807) is 36.5 Å². The van der Waals surface area contributed by atoms with E-state index in [2.05, 4.69) is 33.3 Å². The Morgan fingerprint density at radius 2 is 1.86 bits per heavy atom. The van der Waals surface area contributed by atoms with Gasteiger partial charge < -0.3 is 15.3 Å². The first kappa shape index (κ1) is 18.1. The summed E-state index contributed by atoms with van der Waals surface area (Å²) >= 11 is 1.47. The number of fused-ring (bicyclic) bond motifs is 1. The van der Waals surface area contributed by atoms with E-state index in [1.165, 1.54) is 17.3 Å². The van der Waals surface area contributed by atoms with Crippen molar-refractivity contribution in [1.29, 1.82) is 0 Å². The molecule has 2 aromatic heterocycles. The predicted octanol–water partition coefficient (Wildman–Crippen LogP) is 4.27. The maximum Gasteiger partial charge on any atom is 0.323 e. The van der Waals surface area contributed by atoms with Crippen molar-refractivity contribution in [3.05, 3.63) is 81.9 Å². The number of hydrogen-bond donors (Lipinski definition) is 3. The maximum absolute atomic E-state index is 12.9. The molecule has 0 bridgehead atoms. The number of anilines is 1. The minimum atomic E-state index is -0.280. The molecule has 1 amide bonds. The monoisotopic (exact) mass is 390 g/mol. The molecule has 4 rings (SSSR count). The van der Waals surface area contributed by atoms with Gasteiger partial charge in [-0.2, -0.15) is 0 Å². The molecule has 0 radical (unpaired) electrons. The highest BCUT2D eigenvalue weighted by Crippen LogP contribution is 2.32. The largest absolute Gasteiger partial charge is 0.323 e. The number of nitrogens with zero attached hydrogens (tertiary/aromatic N) is 1. The number of aryl methyl sites for hydroxylation is 2. The highest BCUT2D eigenvalue weighted by atomic mass is 32.2. The molecule has 0 saturated carbocycles. The summed E-state index contributed by atoms with van der Waals surface area (Å²) in [6.07, 6.45) is 1.68. The second-order valence-corrected chi connectivity index (χ2v) is 7.55. The summed E-state index contributed by atoms with van der Waals surface area (Å²) in [4.78, 5) is 35.1. The molecule has 0 unspecified atom stereocenters. The van der Waals surface area contributed by atoms with Gasteiger partial charge in [0, 0.05) is 16.8 Å². The minimum Gasteiger partial charge on any atom is -0.322 e. The van der Waals surface area contributed by atoms with Gasteiger partial charge in [0.2, 0.25) is 0 Å². The topological polar surface area (TPSA) is 90.6 Å². The Bertz CT molecular complexity index is 1240. The van der Waals surface area contributed by atoms with Gasteiger partial charge >= 0.3 is 5.69 Å². The summed E-state index contributed by atoms with van der Waals surface area (Å²) in [7, 11) is 0. The molecule has 2 aromatic carbocycles. The molecule has 0 saturated heterocycles. The number of nitrogens with one attached hydrogen (secondary N) is 3. The Labute approximate surface area is 165 Å². The van der Waals surface area contributed by atoms with Crippen molar-refractivity contribution < 1.29 is 4.79 Å². The Balaban J connectivity index is 1.61. The van der Waals surface area contributed by atoms with Crippen LogP contribution in [0.4, 0.5) is 5.69 Å². The van der Waals surface area contributed by atoms with Crippen molar-refractivity contribution in [2.45, 2.75) is 23.8 Å². The van der Waals surface area contributed by atoms with Crippen LogP contribution in [0.1, 0.15) is 21.5 Å². The first-order chi connectivity index (χ1) is 13.5. The van der Waals surface area contributed by atoms with Crippen LogP contribution in [-0.2, 0) is 0 Å². The Hall–Kier alpha value is -3.32. The molecule has 28 heavy (non-hydrogen) atoms. The van der Waals surface area contributed by atoms with E-state index in [1.807, 2.05) is 19.1 Å². The smallest absolute Gasteiger partial charge is 0.322 e. The molecule has 140 valence electrons. The number of pyridine rings is 1. The molecule has 0 spiro atoms. The highest BCUT2D eigenvalue weighted by Gasteiger charge is 2.15. The first-order valence-corrected chi connectivity index (χ1v) is 9.55. The van der Waals surface area contributed by atoms with Crippen LogP contribution in [0, 0.1) is 13.8 Å². The van der Waals surface area contributed by atoms with E-state index in [9.17, 15) is 9.59 Å². The molecule has 7 heteroatoms. The van der Waals surface area contributed by atoms with E-state index in [4.69, 9.17) is 0 Å². The fourth-order valence-corrected chi connectivity index (χ4v) is 3.92. The summed E-state index contributed by atoms with van der Waals surface area (Å²) in [5.41, 5.74) is 4.48. The molecule has 0 aliphatic rings. The van der Waals surface area contributed by atoms with Crippen LogP contribution in [0.25, 0.3) is 11.0 Å². The third-order valence-corrected chi connectivity index (χ3v) is 5.52. The van der Waals surface area contributed by atoms with Gasteiger partial charge in [-0.15, -0.1) is 0 Å². The maximum atomic E-state index is 12.9. The van der Waals surface area contributed by atoms with Crippen LogP contribution in [-0.4, -0.2) is 20.9 Å². The number of aromatic nitrogens is 3. The van der Waals surface area contributed by atoms with Crippen LogP contribution >= 0.6 is 11.8 Å². The lowest BCUT2D eigenvalue weighted by Gasteiger charge is -2.11. The van der Waals surface area contributed by atoms with E-state index in [0.29, 0.717) is 27.3 Å². The van der Waals surface area contributed by atoms with Gasteiger partial charge in [0.15, 0.2) is 0 Å². The van der Waals surface area contributed by atoms with E-state index < -0.39 is 0 Å². The number of imidazole rings is 1. The number of rotatable bonds is 4. The van der Waals surface area contributed by atoms with Crippen LogP contribution in [0.3, 0.4) is 0 Å². The van der Waals surface area contributed by atoms with E-state index in [0.717, 1.165) is 10.5 Å². The van der Waals surface area contributed by atoms with Crippen molar-refractivity contribution in [3.8, 4) is 0 Å². The fraction of sp³-hybridized carbons (Fsp3) is 0.0952. The summed E-state index contributed by atoms with van der Waals surface area (Å²) < 4.78 is 0. The number of benzene rings is 2. The zero-order valence-corrected chi connectivity index (χ0v) is 16.2. The zero-order valence-electron chi connectivity index (χ0n) is 15.4. The van der Waals surface area contributed by atoms with Gasteiger partial charge in [-0.3, -0.25) is 4.79 Å². The van der Waals surface area contributed by atoms with Crippen LogP contribution in [0.2, 0.25) is 0 Å². The standard InChI is InChI=1S/C21H18N4O2S/c1-12-5-8-18(13(2)10-12)28-20-15(4-3-9-22-20)19(26)23-14-6-7-16-17(11-14)25-21(27)24-16/h3-11H,1-2H3,(H,23,26)(H2,24,25,27). The van der Waals surface area contributed by atoms with Gasteiger partial charge in [0.1, 0.15) is 5.03 Å². The minimum absolute atomic E-state index is 0.252. The average Bonchev–Trinajstić information content (AvgIpc) is 3.03. The number of carbonyl (C=O) groups is 1. The second-order valence-electron chi connectivity index (χ2n) is 6.52. The molecule has 0 aliphatic heterocycles. The average molecular weight is 390 g/mol. The molecule has 3 N–H and O–H groups in total. The molecule has 0 fully saturated rings. The number of hydrogen-bond acceptors (Lipinski definition) is 4. The van der Waals surface area contributed by atoms with Gasteiger partial charge in [-0.1, -0.05) is 29.5 Å². The van der Waals surface area contributed by atoms with Gasteiger partial charge in [0.25, 0.3) is 5.91 Å². The number of carbonyl (C=O) groups excluding carboxylic acids is 1. The molecule has 4 aromatic rings.